The van der Waals surface area contributed by atoms with Crippen LogP contribution in [0.1, 0.15) is 12.0 Å². The zero-order chi connectivity index (χ0) is 22.6. The number of pyridine rings is 1. The number of benzene rings is 1. The molecule has 1 atom stereocenters. The molecule has 1 saturated heterocycles. The fourth-order valence-corrected chi connectivity index (χ4v) is 4.66. The van der Waals surface area contributed by atoms with Gasteiger partial charge in [0.1, 0.15) is 11.9 Å². The smallest absolute Gasteiger partial charge is 0.227 e. The molecule has 0 spiro atoms. The Morgan fingerprint density at radius 1 is 1.15 bits per heavy atom. The lowest BCUT2D eigenvalue weighted by Gasteiger charge is -2.36. The van der Waals surface area contributed by atoms with Gasteiger partial charge in [0, 0.05) is 67.9 Å². The summed E-state index contributed by atoms with van der Waals surface area (Å²) in [6, 6.07) is 12.2. The van der Waals surface area contributed by atoms with E-state index >= 15 is 0 Å². The molecule has 33 heavy (non-hydrogen) atoms. The lowest BCUT2D eigenvalue weighted by molar-refractivity contribution is 0.164. The van der Waals surface area contributed by atoms with Crippen LogP contribution in [0.25, 0.3) is 5.57 Å². The van der Waals surface area contributed by atoms with Crippen LogP contribution < -0.4 is 9.64 Å². The molecule has 3 aliphatic rings. The van der Waals surface area contributed by atoms with Crippen molar-refractivity contribution in [3.63, 3.8) is 0 Å². The average molecular weight is 462 g/mol. The predicted molar refractivity (Wildman–Crippen MR) is 134 cm³/mol. The molecule has 0 radical (unpaired) electrons. The second-order valence-electron chi connectivity index (χ2n) is 8.38. The molecule has 5 nitrogen and oxygen atoms in total. The molecule has 1 aromatic heterocycles. The van der Waals surface area contributed by atoms with Crippen molar-refractivity contribution in [2.45, 2.75) is 12.5 Å². The van der Waals surface area contributed by atoms with Crippen LogP contribution in [0.15, 0.2) is 84.3 Å². The summed E-state index contributed by atoms with van der Waals surface area (Å²) in [5, 5.41) is 0.782. The third kappa shape index (κ3) is 4.91. The summed E-state index contributed by atoms with van der Waals surface area (Å²) in [4.78, 5) is 9.44. The van der Waals surface area contributed by atoms with Crippen LogP contribution in [0.5, 0.6) is 5.88 Å². The van der Waals surface area contributed by atoms with Gasteiger partial charge in [-0.15, -0.1) is 0 Å². The summed E-state index contributed by atoms with van der Waals surface area (Å²) in [5.41, 5.74) is 4.42. The van der Waals surface area contributed by atoms with Crippen molar-refractivity contribution in [1.29, 1.82) is 0 Å². The standard InChI is InChI=1S/C27H28ClN3O2/c1-32-25-7-2-8-26-24(25)19-20(23-6-3-13-29-27(23)33-26)5-4-14-30-15-17-31(18-16-30)22-11-9-21(28)10-12-22/h2-3,5-13,19,25H,4,14-18H2,1H3. The fraction of sp³-hybridized carbons (Fsp3) is 0.296. The van der Waals surface area contributed by atoms with E-state index in [4.69, 9.17) is 21.1 Å². The monoisotopic (exact) mass is 461 g/mol. The van der Waals surface area contributed by atoms with Crippen molar-refractivity contribution in [2.75, 3.05) is 44.7 Å². The number of anilines is 1. The average Bonchev–Trinajstić information content (AvgIpc) is 3.01. The zero-order valence-electron chi connectivity index (χ0n) is 18.8. The minimum atomic E-state index is -0.122. The van der Waals surface area contributed by atoms with Crippen LogP contribution in [0.4, 0.5) is 5.69 Å². The van der Waals surface area contributed by atoms with Crippen LogP contribution in [0.2, 0.25) is 5.02 Å². The van der Waals surface area contributed by atoms with Crippen LogP contribution in [0, 0.1) is 0 Å². The maximum atomic E-state index is 6.17. The number of methoxy groups -OCH3 is 1. The summed E-state index contributed by atoms with van der Waals surface area (Å²) in [5.74, 6) is 1.44. The highest BCUT2D eigenvalue weighted by molar-refractivity contribution is 6.30. The quantitative estimate of drug-likeness (QED) is 0.618. The highest BCUT2D eigenvalue weighted by atomic mass is 35.5. The minimum Gasteiger partial charge on any atom is -0.438 e. The molecule has 5 rings (SSSR count). The van der Waals surface area contributed by atoms with Gasteiger partial charge in [0.05, 0.1) is 0 Å². The predicted octanol–water partition coefficient (Wildman–Crippen LogP) is 5.12. The second kappa shape index (κ2) is 9.96. The number of ether oxygens (including phenoxy) is 2. The Morgan fingerprint density at radius 3 is 2.76 bits per heavy atom. The first-order valence-corrected chi connectivity index (χ1v) is 11.8. The lowest BCUT2D eigenvalue weighted by atomic mass is 9.97. The number of nitrogens with zero attached hydrogens (tertiary/aromatic N) is 3. The second-order valence-corrected chi connectivity index (χ2v) is 8.82. The van der Waals surface area contributed by atoms with Gasteiger partial charge in [-0.1, -0.05) is 29.8 Å². The molecular formula is C27H28ClN3O2. The van der Waals surface area contributed by atoms with Crippen molar-refractivity contribution in [3.8, 4) is 5.88 Å². The largest absolute Gasteiger partial charge is 0.438 e. The van der Waals surface area contributed by atoms with Gasteiger partial charge in [0.2, 0.25) is 5.88 Å². The molecular weight excluding hydrogens is 434 g/mol. The van der Waals surface area contributed by atoms with E-state index in [0.29, 0.717) is 5.88 Å². The number of aromatic nitrogens is 1. The van der Waals surface area contributed by atoms with Crippen LogP contribution in [-0.2, 0) is 4.74 Å². The highest BCUT2D eigenvalue weighted by Crippen LogP contribution is 2.36. The SMILES string of the molecule is COC1C=CC=C2Oc3ncccc3C(=CCCN3CCN(c4ccc(Cl)cc4)CC3)C=C21. The zero-order valence-corrected chi connectivity index (χ0v) is 19.5. The molecule has 6 heteroatoms. The molecule has 0 amide bonds. The third-order valence-electron chi connectivity index (χ3n) is 6.35. The minimum absolute atomic E-state index is 0.122. The summed E-state index contributed by atoms with van der Waals surface area (Å²) in [6.07, 6.45) is 13.1. The van der Waals surface area contributed by atoms with E-state index in [1.54, 1.807) is 13.3 Å². The van der Waals surface area contributed by atoms with Gasteiger partial charge in [-0.25, -0.2) is 4.98 Å². The molecule has 1 unspecified atom stereocenters. The molecule has 0 bridgehead atoms. The number of rotatable bonds is 5. The van der Waals surface area contributed by atoms with Crippen LogP contribution in [0.3, 0.4) is 0 Å². The van der Waals surface area contributed by atoms with Crippen molar-refractivity contribution in [1.82, 2.24) is 9.88 Å². The Kier molecular flexibility index (Phi) is 6.63. The molecule has 0 N–H and O–H groups in total. The van der Waals surface area contributed by atoms with E-state index in [9.17, 15) is 0 Å². The van der Waals surface area contributed by atoms with E-state index in [1.165, 1.54) is 5.69 Å². The van der Waals surface area contributed by atoms with Gasteiger partial charge in [-0.05, 0) is 60.5 Å². The third-order valence-corrected chi connectivity index (χ3v) is 6.60. The van der Waals surface area contributed by atoms with E-state index in [1.807, 2.05) is 36.4 Å². The lowest BCUT2D eigenvalue weighted by Crippen LogP contribution is -2.46. The van der Waals surface area contributed by atoms with E-state index in [2.05, 4.69) is 45.1 Å². The fourth-order valence-electron chi connectivity index (χ4n) is 4.53. The maximum Gasteiger partial charge on any atom is 0.227 e. The van der Waals surface area contributed by atoms with Gasteiger partial charge in [0.15, 0.2) is 0 Å². The van der Waals surface area contributed by atoms with E-state index in [-0.39, 0.29) is 6.10 Å². The normalized spacial score (nSPS) is 21.6. The number of piperazine rings is 1. The Hall–Kier alpha value is -2.86. The molecule has 2 aliphatic heterocycles. The molecule has 3 heterocycles. The Bertz CT molecular complexity index is 1110. The summed E-state index contributed by atoms with van der Waals surface area (Å²) < 4.78 is 11.8. The highest BCUT2D eigenvalue weighted by Gasteiger charge is 2.25. The molecule has 1 fully saturated rings. The first kappa shape index (κ1) is 22.0. The van der Waals surface area contributed by atoms with Crippen molar-refractivity contribution in [3.05, 3.63) is 94.9 Å². The van der Waals surface area contributed by atoms with E-state index < -0.39 is 0 Å². The van der Waals surface area contributed by atoms with Crippen molar-refractivity contribution >= 4 is 22.9 Å². The number of hydrogen-bond donors (Lipinski definition) is 0. The molecule has 1 aliphatic carbocycles. The number of hydrogen-bond acceptors (Lipinski definition) is 5. The summed E-state index contributed by atoms with van der Waals surface area (Å²) in [6.45, 7) is 5.18. The van der Waals surface area contributed by atoms with Gasteiger partial charge < -0.3 is 14.4 Å². The maximum absolute atomic E-state index is 6.17. The van der Waals surface area contributed by atoms with E-state index in [0.717, 1.165) is 66.6 Å². The Labute approximate surface area is 200 Å². The molecule has 2 aromatic rings. The first-order valence-electron chi connectivity index (χ1n) is 11.4. The topological polar surface area (TPSA) is 37.8 Å². The number of fused-ring (bicyclic) bond motifs is 2. The molecule has 0 saturated carbocycles. The Morgan fingerprint density at radius 2 is 1.97 bits per heavy atom. The summed E-state index contributed by atoms with van der Waals surface area (Å²) in [7, 11) is 1.72. The first-order chi connectivity index (χ1) is 16.2. The van der Waals surface area contributed by atoms with Gasteiger partial charge in [-0.3, -0.25) is 4.90 Å². The molecule has 1 aromatic carbocycles. The van der Waals surface area contributed by atoms with Crippen LogP contribution >= 0.6 is 11.6 Å². The van der Waals surface area contributed by atoms with Gasteiger partial charge >= 0.3 is 0 Å². The summed E-state index contributed by atoms with van der Waals surface area (Å²) >= 11 is 6.03. The molecule has 170 valence electrons. The number of allylic oxidation sites excluding steroid dienone is 4. The van der Waals surface area contributed by atoms with Gasteiger partial charge in [0.25, 0.3) is 0 Å². The van der Waals surface area contributed by atoms with Crippen molar-refractivity contribution < 1.29 is 9.47 Å². The number of halogens is 1. The van der Waals surface area contributed by atoms with Crippen molar-refractivity contribution in [2.24, 2.45) is 0 Å². The van der Waals surface area contributed by atoms with Gasteiger partial charge in [-0.2, -0.15) is 0 Å². The van der Waals surface area contributed by atoms with Crippen LogP contribution in [-0.4, -0.2) is 55.8 Å². The Balaban J connectivity index is 1.27.